The third kappa shape index (κ3) is 4.67. The first kappa shape index (κ1) is 18.2. The van der Waals surface area contributed by atoms with E-state index in [9.17, 15) is 14.9 Å². The second-order valence-electron chi connectivity index (χ2n) is 4.58. The van der Waals surface area contributed by atoms with Gasteiger partial charge in [0.15, 0.2) is 10.9 Å². The SMILES string of the molecule is CCOc1ccc(C(=O)NC(=S)Nc2nnn(CC)n2)cc1[N+](=O)[O-]. The zero-order valence-corrected chi connectivity index (χ0v) is 14.2. The Hall–Kier alpha value is -3.15. The van der Waals surface area contributed by atoms with Crippen molar-refractivity contribution in [2.24, 2.45) is 0 Å². The fourth-order valence-corrected chi connectivity index (χ4v) is 2.00. The number of nitrogens with zero attached hydrogens (tertiary/aromatic N) is 5. The molecule has 11 nitrogen and oxygen atoms in total. The minimum absolute atomic E-state index is 0.0582. The highest BCUT2D eigenvalue weighted by atomic mass is 32.1. The molecule has 0 saturated heterocycles. The lowest BCUT2D eigenvalue weighted by atomic mass is 10.1. The van der Waals surface area contributed by atoms with Crippen LogP contribution >= 0.6 is 12.2 Å². The van der Waals surface area contributed by atoms with E-state index in [-0.39, 0.29) is 34.7 Å². The number of hydrogen-bond acceptors (Lipinski definition) is 8. The van der Waals surface area contributed by atoms with Crippen LogP contribution in [0.15, 0.2) is 18.2 Å². The summed E-state index contributed by atoms with van der Waals surface area (Å²) in [5.41, 5.74) is -0.245. The molecule has 1 aromatic heterocycles. The molecule has 12 heteroatoms. The number of nitrogens with one attached hydrogen (secondary N) is 2. The summed E-state index contributed by atoms with van der Waals surface area (Å²) < 4.78 is 5.17. The summed E-state index contributed by atoms with van der Waals surface area (Å²) in [5.74, 6) is -0.401. The lowest BCUT2D eigenvalue weighted by Gasteiger charge is -2.08. The number of carbonyl (C=O) groups excluding carboxylic acids is 1. The molecule has 0 aliphatic rings. The molecule has 25 heavy (non-hydrogen) atoms. The van der Waals surface area contributed by atoms with Crippen LogP contribution in [0.5, 0.6) is 5.75 Å². The number of aromatic nitrogens is 4. The number of anilines is 1. The van der Waals surface area contributed by atoms with Crippen LogP contribution in [-0.4, -0.2) is 42.8 Å². The van der Waals surface area contributed by atoms with E-state index in [1.165, 1.54) is 16.9 Å². The molecule has 132 valence electrons. The van der Waals surface area contributed by atoms with Crippen molar-refractivity contribution in [1.82, 2.24) is 25.5 Å². The summed E-state index contributed by atoms with van der Waals surface area (Å²) in [6.07, 6.45) is 0. The van der Waals surface area contributed by atoms with Gasteiger partial charge >= 0.3 is 5.69 Å². The molecular weight excluding hydrogens is 350 g/mol. The molecule has 0 bridgehead atoms. The first-order valence-electron chi connectivity index (χ1n) is 7.26. The molecule has 0 aliphatic carbocycles. The number of ether oxygens (including phenoxy) is 1. The van der Waals surface area contributed by atoms with E-state index in [4.69, 9.17) is 17.0 Å². The molecule has 1 amide bonds. The van der Waals surface area contributed by atoms with Gasteiger partial charge in [-0.1, -0.05) is 5.10 Å². The van der Waals surface area contributed by atoms with E-state index in [1.54, 1.807) is 6.92 Å². The van der Waals surface area contributed by atoms with Gasteiger partial charge in [0, 0.05) is 11.6 Å². The van der Waals surface area contributed by atoms with Crippen molar-refractivity contribution < 1.29 is 14.5 Å². The predicted octanol–water partition coefficient (Wildman–Crippen LogP) is 1.13. The molecular formula is C13H15N7O4S. The highest BCUT2D eigenvalue weighted by Gasteiger charge is 2.19. The average Bonchev–Trinajstić information content (AvgIpc) is 3.02. The summed E-state index contributed by atoms with van der Waals surface area (Å²) in [5, 5.41) is 27.4. The summed E-state index contributed by atoms with van der Waals surface area (Å²) in [7, 11) is 0. The number of carbonyl (C=O) groups is 1. The number of amides is 1. The Balaban J connectivity index is 2.07. The van der Waals surface area contributed by atoms with Crippen LogP contribution < -0.4 is 15.4 Å². The molecule has 1 aromatic carbocycles. The minimum Gasteiger partial charge on any atom is -0.487 e. The van der Waals surface area contributed by atoms with Crippen molar-refractivity contribution in [1.29, 1.82) is 0 Å². The monoisotopic (exact) mass is 365 g/mol. The van der Waals surface area contributed by atoms with E-state index < -0.39 is 10.8 Å². The normalized spacial score (nSPS) is 10.2. The molecule has 1 heterocycles. The van der Waals surface area contributed by atoms with Crippen LogP contribution in [0.3, 0.4) is 0 Å². The van der Waals surface area contributed by atoms with Gasteiger partial charge in [0.2, 0.25) is 0 Å². The fraction of sp³-hybridized carbons (Fsp3) is 0.308. The largest absolute Gasteiger partial charge is 0.487 e. The lowest BCUT2D eigenvalue weighted by molar-refractivity contribution is -0.385. The van der Waals surface area contributed by atoms with E-state index >= 15 is 0 Å². The third-order valence-electron chi connectivity index (χ3n) is 2.91. The maximum absolute atomic E-state index is 12.2. The van der Waals surface area contributed by atoms with E-state index in [2.05, 4.69) is 26.0 Å². The number of rotatable bonds is 6. The Bertz CT molecular complexity index is 807. The summed E-state index contributed by atoms with van der Waals surface area (Å²) in [4.78, 5) is 24.0. The minimum atomic E-state index is -0.620. The van der Waals surface area contributed by atoms with Crippen LogP contribution in [-0.2, 0) is 6.54 Å². The average molecular weight is 365 g/mol. The van der Waals surface area contributed by atoms with Crippen LogP contribution in [0, 0.1) is 10.1 Å². The van der Waals surface area contributed by atoms with Crippen molar-refractivity contribution in [3.8, 4) is 5.75 Å². The molecule has 2 N–H and O–H groups in total. The van der Waals surface area contributed by atoms with Gasteiger partial charge in [0.25, 0.3) is 11.9 Å². The number of benzene rings is 1. The Labute approximate surface area is 147 Å². The molecule has 0 unspecified atom stereocenters. The summed E-state index contributed by atoms with van der Waals surface area (Å²) in [6, 6.07) is 3.89. The summed E-state index contributed by atoms with van der Waals surface area (Å²) in [6.45, 7) is 4.34. The van der Waals surface area contributed by atoms with Crippen LogP contribution in [0.1, 0.15) is 24.2 Å². The predicted molar refractivity (Wildman–Crippen MR) is 91.4 cm³/mol. The van der Waals surface area contributed by atoms with Gasteiger partial charge in [-0.05, 0) is 43.4 Å². The van der Waals surface area contributed by atoms with Crippen molar-refractivity contribution in [2.75, 3.05) is 11.9 Å². The maximum Gasteiger partial charge on any atom is 0.311 e. The van der Waals surface area contributed by atoms with E-state index in [1.807, 2.05) is 6.92 Å². The van der Waals surface area contributed by atoms with Crippen LogP contribution in [0.25, 0.3) is 0 Å². The second-order valence-corrected chi connectivity index (χ2v) is 4.99. The topological polar surface area (TPSA) is 137 Å². The van der Waals surface area contributed by atoms with Crippen LogP contribution in [0.2, 0.25) is 0 Å². The Morgan fingerprint density at radius 2 is 2.20 bits per heavy atom. The molecule has 0 radical (unpaired) electrons. The standard InChI is InChI=1S/C13H15N7O4S/c1-3-19-17-12(16-18-19)15-13(25)14-11(21)8-5-6-10(24-4-2)9(7-8)20(22)23/h5-7H,3-4H2,1-2H3,(H2,14,15,17,21,25). The van der Waals surface area contributed by atoms with Gasteiger partial charge in [0.1, 0.15) is 0 Å². The highest BCUT2D eigenvalue weighted by molar-refractivity contribution is 7.80. The number of tetrazole rings is 1. The van der Waals surface area contributed by atoms with E-state index in [0.717, 1.165) is 6.07 Å². The smallest absolute Gasteiger partial charge is 0.311 e. The van der Waals surface area contributed by atoms with Gasteiger partial charge in [-0.2, -0.15) is 4.80 Å². The summed E-state index contributed by atoms with van der Waals surface area (Å²) >= 11 is 4.99. The Kier molecular flexibility index (Phi) is 5.89. The molecule has 0 aliphatic heterocycles. The molecule has 0 spiro atoms. The zero-order valence-electron chi connectivity index (χ0n) is 13.4. The van der Waals surface area contributed by atoms with Gasteiger partial charge in [-0.3, -0.25) is 25.5 Å². The molecule has 2 aromatic rings. The van der Waals surface area contributed by atoms with Gasteiger partial charge in [-0.15, -0.1) is 5.10 Å². The number of aryl methyl sites for hydroxylation is 1. The zero-order chi connectivity index (χ0) is 18.4. The molecule has 2 rings (SSSR count). The van der Waals surface area contributed by atoms with Crippen LogP contribution in [0.4, 0.5) is 11.6 Å². The maximum atomic E-state index is 12.2. The fourth-order valence-electron chi connectivity index (χ4n) is 1.81. The quantitative estimate of drug-likeness (QED) is 0.438. The van der Waals surface area contributed by atoms with E-state index in [0.29, 0.717) is 6.54 Å². The first-order chi connectivity index (χ1) is 11.9. The molecule has 0 saturated carbocycles. The van der Waals surface area contributed by atoms with Crippen molar-refractivity contribution in [2.45, 2.75) is 20.4 Å². The van der Waals surface area contributed by atoms with Gasteiger partial charge < -0.3 is 4.74 Å². The van der Waals surface area contributed by atoms with Crippen molar-refractivity contribution >= 4 is 34.9 Å². The van der Waals surface area contributed by atoms with Crippen molar-refractivity contribution in [3.05, 3.63) is 33.9 Å². The first-order valence-corrected chi connectivity index (χ1v) is 7.66. The third-order valence-corrected chi connectivity index (χ3v) is 3.11. The second kappa shape index (κ2) is 8.10. The Morgan fingerprint density at radius 3 is 2.80 bits per heavy atom. The van der Waals surface area contributed by atoms with Gasteiger partial charge in [-0.25, -0.2) is 0 Å². The number of nitro benzene ring substituents is 1. The van der Waals surface area contributed by atoms with Gasteiger partial charge in [0.05, 0.1) is 18.1 Å². The number of hydrogen-bond donors (Lipinski definition) is 2. The molecule has 0 atom stereocenters. The lowest BCUT2D eigenvalue weighted by Crippen LogP contribution is -2.34. The number of nitro groups is 1. The molecule has 0 fully saturated rings. The van der Waals surface area contributed by atoms with Crippen molar-refractivity contribution in [3.63, 3.8) is 0 Å². The Morgan fingerprint density at radius 1 is 1.44 bits per heavy atom. The number of thiocarbonyl (C=S) groups is 1. The highest BCUT2D eigenvalue weighted by Crippen LogP contribution is 2.27.